The minimum Gasteiger partial charge on any atom is -0.383 e. The Morgan fingerprint density at radius 1 is 1.44 bits per heavy atom. The summed E-state index contributed by atoms with van der Waals surface area (Å²) in [7, 11) is 3.74. The maximum atomic E-state index is 12.2. The molecular formula is C14H19N3O. The number of allylic oxidation sites excluding steroid dienone is 3. The molecule has 0 fully saturated rings. The van der Waals surface area contributed by atoms with E-state index < -0.39 is 0 Å². The molecule has 1 heterocycles. The second-order valence-electron chi connectivity index (χ2n) is 4.40. The standard InChI is InChI=1S/C14H19N3O/c1-11(2)14(13(18)7-10-16(4)5)17-9-6-8-15-12(17)3/h6-10H,3H2,1-2,4-5H3/b10-7+. The first-order valence-corrected chi connectivity index (χ1v) is 5.69. The van der Waals surface area contributed by atoms with Crippen LogP contribution in [0.1, 0.15) is 13.8 Å². The Balaban J connectivity index is 3.02. The van der Waals surface area contributed by atoms with Crippen LogP contribution in [0.4, 0.5) is 0 Å². The molecule has 1 rings (SSSR count). The largest absolute Gasteiger partial charge is 0.383 e. The first kappa shape index (κ1) is 14.0. The van der Waals surface area contributed by atoms with Gasteiger partial charge in [-0.1, -0.05) is 6.58 Å². The van der Waals surface area contributed by atoms with Crippen LogP contribution in [0.15, 0.2) is 53.2 Å². The van der Waals surface area contributed by atoms with Crippen LogP contribution >= 0.6 is 0 Å². The van der Waals surface area contributed by atoms with Crippen molar-refractivity contribution in [3.05, 3.63) is 48.2 Å². The summed E-state index contributed by atoms with van der Waals surface area (Å²) in [5.41, 5.74) is 1.51. The number of carbonyl (C=O) groups is 1. The second-order valence-corrected chi connectivity index (χ2v) is 4.40. The quantitative estimate of drug-likeness (QED) is 0.713. The summed E-state index contributed by atoms with van der Waals surface area (Å²) in [5, 5.41) is 0. The van der Waals surface area contributed by atoms with Gasteiger partial charge in [-0.25, -0.2) is 4.99 Å². The lowest BCUT2D eigenvalue weighted by atomic mass is 10.1. The van der Waals surface area contributed by atoms with Gasteiger partial charge in [0.1, 0.15) is 5.82 Å². The number of hydrogen-bond acceptors (Lipinski definition) is 4. The summed E-state index contributed by atoms with van der Waals surface area (Å²) < 4.78 is 0. The maximum Gasteiger partial charge on any atom is 0.203 e. The van der Waals surface area contributed by atoms with Crippen molar-refractivity contribution in [2.24, 2.45) is 4.99 Å². The fraction of sp³-hybridized carbons (Fsp3) is 0.286. The molecule has 0 amide bonds. The molecule has 0 radical (unpaired) electrons. The summed E-state index contributed by atoms with van der Waals surface area (Å²) in [6, 6.07) is 0. The van der Waals surface area contributed by atoms with Gasteiger partial charge in [0.25, 0.3) is 0 Å². The van der Waals surface area contributed by atoms with Crippen LogP contribution in [0.25, 0.3) is 0 Å². The highest BCUT2D eigenvalue weighted by molar-refractivity contribution is 6.04. The molecule has 18 heavy (non-hydrogen) atoms. The van der Waals surface area contributed by atoms with Crippen LogP contribution in [-0.4, -0.2) is 35.9 Å². The molecule has 0 N–H and O–H groups in total. The zero-order valence-corrected chi connectivity index (χ0v) is 11.3. The predicted molar refractivity (Wildman–Crippen MR) is 74.8 cm³/mol. The van der Waals surface area contributed by atoms with Crippen LogP contribution < -0.4 is 0 Å². The Labute approximate surface area is 108 Å². The molecule has 0 unspecified atom stereocenters. The smallest absolute Gasteiger partial charge is 0.203 e. The van der Waals surface area contributed by atoms with Crippen molar-refractivity contribution < 1.29 is 4.79 Å². The van der Waals surface area contributed by atoms with Crippen LogP contribution in [0.3, 0.4) is 0 Å². The molecule has 0 aromatic rings. The average Bonchev–Trinajstić information content (AvgIpc) is 2.29. The molecule has 96 valence electrons. The SMILES string of the molecule is C=C1N=CC=CN1C(C(=O)/C=C/N(C)C)=C(C)C. The summed E-state index contributed by atoms with van der Waals surface area (Å²) in [4.78, 5) is 19.8. The number of hydrogen-bond donors (Lipinski definition) is 0. The van der Waals surface area contributed by atoms with Crippen molar-refractivity contribution in [2.75, 3.05) is 14.1 Å². The van der Waals surface area contributed by atoms with Crippen molar-refractivity contribution in [3.63, 3.8) is 0 Å². The van der Waals surface area contributed by atoms with E-state index in [-0.39, 0.29) is 5.78 Å². The highest BCUT2D eigenvalue weighted by Crippen LogP contribution is 2.20. The zero-order chi connectivity index (χ0) is 13.7. The van der Waals surface area contributed by atoms with Crippen LogP contribution in [0.5, 0.6) is 0 Å². The second kappa shape index (κ2) is 6.00. The molecule has 1 aliphatic rings. The molecule has 0 saturated heterocycles. The normalized spacial score (nSPS) is 14.2. The van der Waals surface area contributed by atoms with E-state index in [2.05, 4.69) is 11.6 Å². The molecule has 0 bridgehead atoms. The molecule has 0 aliphatic carbocycles. The summed E-state index contributed by atoms with van der Waals surface area (Å²) in [5.74, 6) is 0.479. The van der Waals surface area contributed by atoms with Gasteiger partial charge in [-0.05, 0) is 25.5 Å². The molecule has 0 saturated carbocycles. The first-order chi connectivity index (χ1) is 8.43. The molecule has 0 spiro atoms. The molecular weight excluding hydrogens is 226 g/mol. The van der Waals surface area contributed by atoms with Crippen molar-refractivity contribution in [1.82, 2.24) is 9.80 Å². The fourth-order valence-corrected chi connectivity index (χ4v) is 1.51. The van der Waals surface area contributed by atoms with Gasteiger partial charge >= 0.3 is 0 Å². The first-order valence-electron chi connectivity index (χ1n) is 5.69. The predicted octanol–water partition coefficient (Wildman–Crippen LogP) is 2.30. The Bertz CT molecular complexity index is 463. The molecule has 0 aromatic carbocycles. The van der Waals surface area contributed by atoms with Gasteiger partial charge in [0.05, 0.1) is 5.70 Å². The van der Waals surface area contributed by atoms with E-state index in [0.29, 0.717) is 11.5 Å². The Kier molecular flexibility index (Phi) is 4.66. The molecule has 0 atom stereocenters. The van der Waals surface area contributed by atoms with E-state index >= 15 is 0 Å². The van der Waals surface area contributed by atoms with E-state index in [1.807, 2.05) is 32.8 Å². The molecule has 4 nitrogen and oxygen atoms in total. The lowest BCUT2D eigenvalue weighted by Gasteiger charge is -2.24. The van der Waals surface area contributed by atoms with Gasteiger partial charge < -0.3 is 4.90 Å². The van der Waals surface area contributed by atoms with Crippen LogP contribution in [-0.2, 0) is 4.79 Å². The monoisotopic (exact) mass is 245 g/mol. The Morgan fingerprint density at radius 3 is 2.61 bits per heavy atom. The van der Waals surface area contributed by atoms with Crippen LogP contribution in [0, 0.1) is 0 Å². The number of aliphatic imine (C=N–C) groups is 1. The van der Waals surface area contributed by atoms with Crippen molar-refractivity contribution in [1.29, 1.82) is 0 Å². The lowest BCUT2D eigenvalue weighted by Crippen LogP contribution is -2.23. The van der Waals surface area contributed by atoms with E-state index in [1.54, 1.807) is 35.7 Å². The highest BCUT2D eigenvalue weighted by Gasteiger charge is 2.18. The zero-order valence-electron chi connectivity index (χ0n) is 11.3. The lowest BCUT2D eigenvalue weighted by molar-refractivity contribution is -0.112. The van der Waals surface area contributed by atoms with Crippen LogP contribution in [0.2, 0.25) is 0 Å². The van der Waals surface area contributed by atoms with Gasteiger partial charge in [0, 0.05) is 38.8 Å². The average molecular weight is 245 g/mol. The van der Waals surface area contributed by atoms with Crippen molar-refractivity contribution in [3.8, 4) is 0 Å². The van der Waals surface area contributed by atoms with Crippen molar-refractivity contribution in [2.45, 2.75) is 13.8 Å². The third kappa shape index (κ3) is 3.45. The maximum absolute atomic E-state index is 12.2. The number of carbonyl (C=O) groups excluding carboxylic acids is 1. The van der Waals surface area contributed by atoms with Crippen molar-refractivity contribution >= 4 is 12.0 Å². The third-order valence-electron chi connectivity index (χ3n) is 2.29. The van der Waals surface area contributed by atoms with E-state index in [9.17, 15) is 4.79 Å². The summed E-state index contributed by atoms with van der Waals surface area (Å²) in [6.45, 7) is 7.63. The minimum absolute atomic E-state index is 0.0633. The van der Waals surface area contributed by atoms with E-state index in [0.717, 1.165) is 5.57 Å². The van der Waals surface area contributed by atoms with E-state index in [4.69, 9.17) is 0 Å². The highest BCUT2D eigenvalue weighted by atomic mass is 16.1. The summed E-state index contributed by atoms with van der Waals surface area (Å²) in [6.07, 6.45) is 8.49. The molecule has 4 heteroatoms. The summed E-state index contributed by atoms with van der Waals surface area (Å²) >= 11 is 0. The number of nitrogens with zero attached hydrogens (tertiary/aromatic N) is 3. The van der Waals surface area contributed by atoms with Gasteiger partial charge in [-0.15, -0.1) is 0 Å². The Morgan fingerprint density at radius 2 is 2.11 bits per heavy atom. The fourth-order valence-electron chi connectivity index (χ4n) is 1.51. The third-order valence-corrected chi connectivity index (χ3v) is 2.29. The molecule has 1 aliphatic heterocycles. The minimum atomic E-state index is -0.0633. The van der Waals surface area contributed by atoms with Gasteiger partial charge in [0.2, 0.25) is 5.78 Å². The Hall–Kier alpha value is -2.10. The topological polar surface area (TPSA) is 35.9 Å². The number of ketones is 1. The van der Waals surface area contributed by atoms with Gasteiger partial charge in [-0.2, -0.15) is 0 Å². The van der Waals surface area contributed by atoms with E-state index in [1.165, 1.54) is 0 Å². The van der Waals surface area contributed by atoms with Gasteiger partial charge in [0.15, 0.2) is 0 Å². The molecule has 0 aromatic heterocycles. The number of rotatable bonds is 4. The van der Waals surface area contributed by atoms with Gasteiger partial charge in [-0.3, -0.25) is 9.69 Å².